The number of carbonyl (C=O) groups is 1. The monoisotopic (exact) mass is 366 g/mol. The zero-order valence-electron chi connectivity index (χ0n) is 11.4. The van der Waals surface area contributed by atoms with Gasteiger partial charge in [0.15, 0.2) is 0 Å². The molecule has 1 fully saturated rings. The summed E-state index contributed by atoms with van der Waals surface area (Å²) >= 11 is 4.86. The Morgan fingerprint density at radius 2 is 2.24 bits per heavy atom. The SMILES string of the molecule is O=C(c1cc(Br)cs1)N1CCCC(Oc2ccncc2)C1. The number of ether oxygens (including phenoxy) is 1. The summed E-state index contributed by atoms with van der Waals surface area (Å²) in [4.78, 5) is 19.1. The Kier molecular flexibility index (Phi) is 4.55. The van der Waals surface area contributed by atoms with Crippen LogP contribution >= 0.6 is 27.3 Å². The van der Waals surface area contributed by atoms with Gasteiger partial charge in [-0.25, -0.2) is 0 Å². The Morgan fingerprint density at radius 1 is 1.43 bits per heavy atom. The van der Waals surface area contributed by atoms with E-state index in [4.69, 9.17) is 4.74 Å². The molecule has 1 amide bonds. The van der Waals surface area contributed by atoms with Crippen LogP contribution in [0.25, 0.3) is 0 Å². The van der Waals surface area contributed by atoms with Crippen molar-refractivity contribution in [2.45, 2.75) is 18.9 Å². The predicted octanol–water partition coefficient (Wildman–Crippen LogP) is 3.59. The van der Waals surface area contributed by atoms with Gasteiger partial charge in [-0.15, -0.1) is 11.3 Å². The molecule has 0 aromatic carbocycles. The Labute approximate surface area is 135 Å². The Bertz CT molecular complexity index is 617. The minimum Gasteiger partial charge on any atom is -0.488 e. The van der Waals surface area contributed by atoms with Gasteiger partial charge in [-0.3, -0.25) is 9.78 Å². The van der Waals surface area contributed by atoms with E-state index in [-0.39, 0.29) is 12.0 Å². The maximum absolute atomic E-state index is 12.5. The summed E-state index contributed by atoms with van der Waals surface area (Å²) in [5.74, 6) is 0.900. The number of hydrogen-bond acceptors (Lipinski definition) is 4. The van der Waals surface area contributed by atoms with Crippen molar-refractivity contribution in [2.75, 3.05) is 13.1 Å². The molecule has 1 saturated heterocycles. The van der Waals surface area contributed by atoms with Gasteiger partial charge >= 0.3 is 0 Å². The number of carbonyl (C=O) groups excluding carboxylic acids is 1. The minimum absolute atomic E-state index is 0.0495. The molecule has 3 heterocycles. The van der Waals surface area contributed by atoms with Crippen LogP contribution < -0.4 is 4.74 Å². The van der Waals surface area contributed by atoms with E-state index in [1.165, 1.54) is 11.3 Å². The third-order valence-electron chi connectivity index (χ3n) is 3.40. The first-order valence-electron chi connectivity index (χ1n) is 6.82. The normalized spacial score (nSPS) is 18.5. The van der Waals surface area contributed by atoms with Crippen molar-refractivity contribution < 1.29 is 9.53 Å². The summed E-state index contributed by atoms with van der Waals surface area (Å²) in [6, 6.07) is 5.56. The van der Waals surface area contributed by atoms with Crippen LogP contribution in [-0.2, 0) is 0 Å². The number of thiophene rings is 1. The smallest absolute Gasteiger partial charge is 0.264 e. The number of halogens is 1. The first kappa shape index (κ1) is 14.5. The van der Waals surface area contributed by atoms with E-state index in [1.54, 1.807) is 12.4 Å². The van der Waals surface area contributed by atoms with Crippen LogP contribution in [-0.4, -0.2) is 35.0 Å². The molecule has 1 unspecified atom stereocenters. The van der Waals surface area contributed by atoms with Gasteiger partial charge in [0.25, 0.3) is 5.91 Å². The van der Waals surface area contributed by atoms with E-state index in [9.17, 15) is 4.79 Å². The van der Waals surface area contributed by atoms with Crippen molar-refractivity contribution in [1.29, 1.82) is 0 Å². The molecule has 21 heavy (non-hydrogen) atoms. The number of likely N-dealkylation sites (tertiary alicyclic amines) is 1. The van der Waals surface area contributed by atoms with Crippen LogP contribution in [0.5, 0.6) is 5.75 Å². The van der Waals surface area contributed by atoms with Crippen molar-refractivity contribution in [3.05, 3.63) is 45.3 Å². The van der Waals surface area contributed by atoms with E-state index in [0.717, 1.165) is 34.5 Å². The molecule has 0 saturated carbocycles. The third kappa shape index (κ3) is 3.63. The van der Waals surface area contributed by atoms with Crippen LogP contribution in [0, 0.1) is 0 Å². The highest BCUT2D eigenvalue weighted by atomic mass is 79.9. The molecule has 0 N–H and O–H groups in total. The number of rotatable bonds is 3. The summed E-state index contributed by atoms with van der Waals surface area (Å²) < 4.78 is 6.89. The van der Waals surface area contributed by atoms with E-state index in [1.807, 2.05) is 28.5 Å². The lowest BCUT2D eigenvalue weighted by atomic mass is 10.1. The lowest BCUT2D eigenvalue weighted by Crippen LogP contribution is -2.44. The topological polar surface area (TPSA) is 42.4 Å². The zero-order chi connectivity index (χ0) is 14.7. The van der Waals surface area contributed by atoms with E-state index in [2.05, 4.69) is 20.9 Å². The number of aromatic nitrogens is 1. The van der Waals surface area contributed by atoms with Crippen LogP contribution in [0.1, 0.15) is 22.5 Å². The Hall–Kier alpha value is -1.40. The molecule has 1 atom stereocenters. The van der Waals surface area contributed by atoms with Gasteiger partial charge in [0.1, 0.15) is 11.9 Å². The average Bonchev–Trinajstić information content (AvgIpc) is 2.94. The summed E-state index contributed by atoms with van der Waals surface area (Å²) in [6.07, 6.45) is 5.41. The fraction of sp³-hybridized carbons (Fsp3) is 0.333. The first-order chi connectivity index (χ1) is 10.2. The lowest BCUT2D eigenvalue weighted by molar-refractivity contribution is 0.0542. The second-order valence-electron chi connectivity index (χ2n) is 4.95. The number of amides is 1. The molecule has 2 aromatic rings. The highest BCUT2D eigenvalue weighted by Gasteiger charge is 2.26. The number of piperidine rings is 1. The first-order valence-corrected chi connectivity index (χ1v) is 8.49. The fourth-order valence-corrected chi connectivity index (χ4v) is 3.80. The van der Waals surface area contributed by atoms with Crippen molar-refractivity contribution in [3.8, 4) is 5.75 Å². The van der Waals surface area contributed by atoms with Gasteiger partial charge in [0.05, 0.1) is 11.4 Å². The maximum Gasteiger partial charge on any atom is 0.264 e. The molecular formula is C15H15BrN2O2S. The zero-order valence-corrected chi connectivity index (χ0v) is 13.8. The van der Waals surface area contributed by atoms with Gasteiger partial charge in [0, 0.05) is 28.8 Å². The Balaban J connectivity index is 1.64. The van der Waals surface area contributed by atoms with E-state index in [0.29, 0.717) is 6.54 Å². The van der Waals surface area contributed by atoms with Crippen LogP contribution in [0.3, 0.4) is 0 Å². The predicted molar refractivity (Wildman–Crippen MR) is 85.8 cm³/mol. The molecule has 0 bridgehead atoms. The second kappa shape index (κ2) is 6.58. The maximum atomic E-state index is 12.5. The highest BCUT2D eigenvalue weighted by molar-refractivity contribution is 9.10. The molecule has 1 aliphatic heterocycles. The minimum atomic E-state index is 0.0495. The molecule has 0 radical (unpaired) electrons. The molecular weight excluding hydrogens is 352 g/mol. The number of nitrogens with zero attached hydrogens (tertiary/aromatic N) is 2. The van der Waals surface area contributed by atoms with Gasteiger partial charge in [-0.05, 0) is 47.0 Å². The molecule has 110 valence electrons. The van der Waals surface area contributed by atoms with Crippen LogP contribution in [0.4, 0.5) is 0 Å². The van der Waals surface area contributed by atoms with E-state index >= 15 is 0 Å². The molecule has 6 heteroatoms. The standard InChI is InChI=1S/C15H15BrN2O2S/c16-11-8-14(21-10-11)15(19)18-7-1-2-13(9-18)20-12-3-5-17-6-4-12/h3-6,8,10,13H,1-2,7,9H2. The third-order valence-corrected chi connectivity index (χ3v) is 5.08. The summed E-state index contributed by atoms with van der Waals surface area (Å²) in [5.41, 5.74) is 0. The summed E-state index contributed by atoms with van der Waals surface area (Å²) in [5, 5.41) is 1.93. The molecule has 0 aliphatic carbocycles. The van der Waals surface area contributed by atoms with Crippen molar-refractivity contribution in [3.63, 3.8) is 0 Å². The largest absolute Gasteiger partial charge is 0.488 e. The summed E-state index contributed by atoms with van der Waals surface area (Å²) in [7, 11) is 0. The highest BCUT2D eigenvalue weighted by Crippen LogP contribution is 2.24. The van der Waals surface area contributed by atoms with Crippen LogP contribution in [0.2, 0.25) is 0 Å². The van der Waals surface area contributed by atoms with E-state index < -0.39 is 0 Å². The molecule has 3 rings (SSSR count). The summed E-state index contributed by atoms with van der Waals surface area (Å²) in [6.45, 7) is 1.43. The van der Waals surface area contributed by atoms with Gasteiger partial charge < -0.3 is 9.64 Å². The number of hydrogen-bond donors (Lipinski definition) is 0. The second-order valence-corrected chi connectivity index (χ2v) is 6.77. The Morgan fingerprint density at radius 3 is 2.95 bits per heavy atom. The van der Waals surface area contributed by atoms with Crippen molar-refractivity contribution in [1.82, 2.24) is 9.88 Å². The fourth-order valence-electron chi connectivity index (χ4n) is 2.41. The van der Waals surface area contributed by atoms with Crippen LogP contribution in [0.15, 0.2) is 40.4 Å². The molecule has 4 nitrogen and oxygen atoms in total. The molecule has 0 spiro atoms. The van der Waals surface area contributed by atoms with Gasteiger partial charge in [-0.1, -0.05) is 0 Å². The lowest BCUT2D eigenvalue weighted by Gasteiger charge is -2.32. The molecule has 1 aliphatic rings. The molecule has 2 aromatic heterocycles. The average molecular weight is 367 g/mol. The van der Waals surface area contributed by atoms with Gasteiger partial charge in [-0.2, -0.15) is 0 Å². The van der Waals surface area contributed by atoms with Gasteiger partial charge in [0.2, 0.25) is 0 Å². The number of pyridine rings is 1. The van der Waals surface area contributed by atoms with Crippen molar-refractivity contribution >= 4 is 33.2 Å². The van der Waals surface area contributed by atoms with Crippen molar-refractivity contribution in [2.24, 2.45) is 0 Å². The quantitative estimate of drug-likeness (QED) is 0.833.